The van der Waals surface area contributed by atoms with Gasteiger partial charge in [-0.1, -0.05) is 24.3 Å². The maximum absolute atomic E-state index is 13.1. The van der Waals surface area contributed by atoms with Crippen LogP contribution in [0.25, 0.3) is 17.5 Å². The Labute approximate surface area is 196 Å². The molecule has 3 aromatic rings. The van der Waals surface area contributed by atoms with Crippen LogP contribution in [0.4, 0.5) is 0 Å². The van der Waals surface area contributed by atoms with E-state index in [9.17, 15) is 13.2 Å². The van der Waals surface area contributed by atoms with Gasteiger partial charge in [0.25, 0.3) is 5.89 Å². The Balaban J connectivity index is 1.42. The van der Waals surface area contributed by atoms with E-state index in [1.54, 1.807) is 12.1 Å². The van der Waals surface area contributed by atoms with Crippen LogP contribution in [0.5, 0.6) is 5.75 Å². The molecule has 1 fully saturated rings. The van der Waals surface area contributed by atoms with Crippen LogP contribution in [0.3, 0.4) is 0 Å². The van der Waals surface area contributed by atoms with Crippen LogP contribution in [0.2, 0.25) is 0 Å². The summed E-state index contributed by atoms with van der Waals surface area (Å²) in [5.41, 5.74) is 1.25. The van der Waals surface area contributed by atoms with Crippen LogP contribution in [-0.2, 0) is 30.9 Å². The van der Waals surface area contributed by atoms with Crippen molar-refractivity contribution >= 4 is 22.1 Å². The van der Waals surface area contributed by atoms with Gasteiger partial charge in [0, 0.05) is 24.7 Å². The molecule has 0 spiro atoms. The molecule has 1 aliphatic heterocycles. The lowest BCUT2D eigenvalue weighted by Crippen LogP contribution is -2.40. The van der Waals surface area contributed by atoms with Gasteiger partial charge in [0.1, 0.15) is 10.6 Å². The van der Waals surface area contributed by atoms with E-state index in [1.807, 2.05) is 30.3 Å². The summed E-state index contributed by atoms with van der Waals surface area (Å²) in [6.07, 6.45) is 2.66. The Morgan fingerprint density at radius 3 is 2.62 bits per heavy atom. The Morgan fingerprint density at radius 1 is 1.12 bits per heavy atom. The average Bonchev–Trinajstić information content (AvgIpc) is 3.36. The molecule has 0 N–H and O–H groups in total. The molecule has 1 saturated heterocycles. The first-order valence-electron chi connectivity index (χ1n) is 10.5. The molecular weight excluding hydrogens is 462 g/mol. The van der Waals surface area contributed by atoms with Crippen LogP contribution < -0.4 is 4.74 Å². The second-order valence-corrected chi connectivity index (χ2v) is 9.14. The number of rotatable bonds is 8. The summed E-state index contributed by atoms with van der Waals surface area (Å²) >= 11 is 0. The number of nitrogens with zero attached hydrogens (tertiary/aromatic N) is 3. The van der Waals surface area contributed by atoms with E-state index in [-0.39, 0.29) is 36.2 Å². The van der Waals surface area contributed by atoms with E-state index in [0.717, 1.165) is 5.56 Å². The first kappa shape index (κ1) is 23.6. The van der Waals surface area contributed by atoms with E-state index in [1.165, 1.54) is 29.6 Å². The van der Waals surface area contributed by atoms with Gasteiger partial charge in [-0.2, -0.15) is 4.31 Å². The lowest BCUT2D eigenvalue weighted by atomic mass is 10.2. The summed E-state index contributed by atoms with van der Waals surface area (Å²) in [4.78, 5) is 12.2. The number of hydrogen-bond donors (Lipinski definition) is 0. The van der Waals surface area contributed by atoms with Crippen molar-refractivity contribution < 1.29 is 31.8 Å². The molecule has 2 aromatic carbocycles. The number of sulfonamides is 1. The zero-order chi connectivity index (χ0) is 24.0. The molecule has 0 aliphatic carbocycles. The van der Waals surface area contributed by atoms with Crippen LogP contribution in [0.15, 0.2) is 63.9 Å². The van der Waals surface area contributed by atoms with E-state index >= 15 is 0 Å². The highest BCUT2D eigenvalue weighted by molar-refractivity contribution is 7.89. The molecule has 1 aliphatic rings. The fourth-order valence-corrected chi connectivity index (χ4v) is 4.88. The molecule has 10 nitrogen and oxygen atoms in total. The number of esters is 1. The molecule has 0 bridgehead atoms. The topological polar surface area (TPSA) is 121 Å². The minimum Gasteiger partial charge on any atom is -0.495 e. The summed E-state index contributed by atoms with van der Waals surface area (Å²) in [7, 11) is -2.38. The number of carbonyl (C=O) groups excluding carboxylic acids is 1. The fourth-order valence-electron chi connectivity index (χ4n) is 3.28. The summed E-state index contributed by atoms with van der Waals surface area (Å²) in [6.45, 7) is 1.00. The molecule has 34 heavy (non-hydrogen) atoms. The highest BCUT2D eigenvalue weighted by atomic mass is 32.2. The Bertz CT molecular complexity index is 1270. The van der Waals surface area contributed by atoms with Gasteiger partial charge < -0.3 is 18.6 Å². The second-order valence-electron chi connectivity index (χ2n) is 7.23. The quantitative estimate of drug-likeness (QED) is 0.350. The molecule has 1 aromatic heterocycles. The number of hydrogen-bond acceptors (Lipinski definition) is 9. The third kappa shape index (κ3) is 5.50. The summed E-state index contributed by atoms with van der Waals surface area (Å²) in [5, 5.41) is 7.81. The maximum atomic E-state index is 13.1. The lowest BCUT2D eigenvalue weighted by molar-refractivity contribution is -0.139. The van der Waals surface area contributed by atoms with Gasteiger partial charge in [-0.05, 0) is 35.9 Å². The molecule has 0 atom stereocenters. The first-order valence-corrected chi connectivity index (χ1v) is 11.9. The number of carbonyl (C=O) groups is 1. The number of benzene rings is 2. The van der Waals surface area contributed by atoms with E-state index < -0.39 is 16.0 Å². The summed E-state index contributed by atoms with van der Waals surface area (Å²) < 4.78 is 48.6. The van der Waals surface area contributed by atoms with Crippen molar-refractivity contribution in [3.05, 3.63) is 66.1 Å². The highest BCUT2D eigenvalue weighted by Crippen LogP contribution is 2.29. The van der Waals surface area contributed by atoms with Gasteiger partial charge in [-0.25, -0.2) is 13.2 Å². The van der Waals surface area contributed by atoms with Gasteiger partial charge in [-0.3, -0.25) is 0 Å². The third-order valence-electron chi connectivity index (χ3n) is 5.01. The number of aromatic nitrogens is 2. The molecule has 178 valence electrons. The molecular formula is C23H23N3O7S. The normalized spacial score (nSPS) is 14.9. The predicted octanol–water partition coefficient (Wildman–Crippen LogP) is 2.52. The predicted molar refractivity (Wildman–Crippen MR) is 121 cm³/mol. The Kier molecular flexibility index (Phi) is 7.36. The Hall–Kier alpha value is -3.54. The fraction of sp³-hybridized carbons (Fsp3) is 0.261. The van der Waals surface area contributed by atoms with Crippen molar-refractivity contribution in [1.82, 2.24) is 14.5 Å². The van der Waals surface area contributed by atoms with Crippen molar-refractivity contribution in [2.45, 2.75) is 11.5 Å². The van der Waals surface area contributed by atoms with Gasteiger partial charge in [0.15, 0.2) is 6.61 Å². The van der Waals surface area contributed by atoms with Crippen molar-refractivity contribution in [3.63, 3.8) is 0 Å². The lowest BCUT2D eigenvalue weighted by Gasteiger charge is -2.26. The van der Waals surface area contributed by atoms with Crippen LogP contribution in [-0.4, -0.2) is 62.3 Å². The van der Waals surface area contributed by atoms with Crippen molar-refractivity contribution in [2.75, 3.05) is 33.4 Å². The molecule has 11 heteroatoms. The average molecular weight is 486 g/mol. The molecule has 0 amide bonds. The highest BCUT2D eigenvalue weighted by Gasteiger charge is 2.29. The van der Waals surface area contributed by atoms with E-state index in [4.69, 9.17) is 18.6 Å². The van der Waals surface area contributed by atoms with Gasteiger partial charge in [0.05, 0.1) is 20.3 Å². The standard InChI is InChI=1S/C23H23N3O7S/c1-30-19-9-7-17(15-20(19)34(28,29)26-11-13-31-14-12-26)8-10-22(27)32-16-21-24-25-23(33-21)18-5-3-2-4-6-18/h2-10,15H,11-14,16H2,1H3/b10-8+. The zero-order valence-electron chi connectivity index (χ0n) is 18.4. The number of morpholine rings is 1. The molecule has 2 heterocycles. The minimum absolute atomic E-state index is 0.0201. The first-order chi connectivity index (χ1) is 16.5. The zero-order valence-corrected chi connectivity index (χ0v) is 19.2. The van der Waals surface area contributed by atoms with Crippen LogP contribution in [0, 0.1) is 0 Å². The van der Waals surface area contributed by atoms with E-state index in [2.05, 4.69) is 10.2 Å². The SMILES string of the molecule is COc1ccc(/C=C/C(=O)OCc2nnc(-c3ccccc3)o2)cc1S(=O)(=O)N1CCOCC1. The number of methoxy groups -OCH3 is 1. The maximum Gasteiger partial charge on any atom is 0.331 e. The Morgan fingerprint density at radius 2 is 1.88 bits per heavy atom. The molecule has 4 rings (SSSR count). The monoisotopic (exact) mass is 485 g/mol. The van der Waals surface area contributed by atoms with Crippen molar-refractivity contribution in [1.29, 1.82) is 0 Å². The summed E-state index contributed by atoms with van der Waals surface area (Å²) in [5.74, 6) is 0.0584. The van der Waals surface area contributed by atoms with Gasteiger partial charge in [-0.15, -0.1) is 10.2 Å². The van der Waals surface area contributed by atoms with Gasteiger partial charge in [0.2, 0.25) is 15.9 Å². The number of ether oxygens (including phenoxy) is 3. The molecule has 0 radical (unpaired) electrons. The van der Waals surface area contributed by atoms with Crippen LogP contribution >= 0.6 is 0 Å². The molecule has 0 saturated carbocycles. The van der Waals surface area contributed by atoms with Gasteiger partial charge >= 0.3 is 5.97 Å². The minimum atomic E-state index is -3.78. The smallest absolute Gasteiger partial charge is 0.331 e. The molecule has 0 unspecified atom stereocenters. The van der Waals surface area contributed by atoms with Crippen LogP contribution in [0.1, 0.15) is 11.5 Å². The third-order valence-corrected chi connectivity index (χ3v) is 6.93. The second kappa shape index (κ2) is 10.6. The van der Waals surface area contributed by atoms with Crippen molar-refractivity contribution in [2.24, 2.45) is 0 Å². The largest absolute Gasteiger partial charge is 0.495 e. The van der Waals surface area contributed by atoms with E-state index in [0.29, 0.717) is 24.7 Å². The van der Waals surface area contributed by atoms with Crippen molar-refractivity contribution in [3.8, 4) is 17.2 Å². The summed E-state index contributed by atoms with van der Waals surface area (Å²) in [6, 6.07) is 13.9.